The molecular weight excluding hydrogens is 378 g/mol. The molecule has 0 saturated heterocycles. The van der Waals surface area contributed by atoms with E-state index in [9.17, 15) is 18.5 Å². The van der Waals surface area contributed by atoms with Gasteiger partial charge in [0.15, 0.2) is 6.61 Å². The van der Waals surface area contributed by atoms with Crippen molar-refractivity contribution in [1.82, 2.24) is 4.90 Å². The number of hydrogen-bond donors (Lipinski definition) is 1. The van der Waals surface area contributed by atoms with E-state index >= 15 is 0 Å². The number of rotatable bonds is 5. The van der Waals surface area contributed by atoms with Crippen LogP contribution in [-0.4, -0.2) is 31.9 Å². The molecule has 7 nitrogen and oxygen atoms in total. The Kier molecular flexibility index (Phi) is 5.56. The normalized spacial score (nSPS) is 15.0. The molecule has 0 saturated carbocycles. The number of nitrogens with zero attached hydrogens (tertiary/aromatic N) is 2. The summed E-state index contributed by atoms with van der Waals surface area (Å²) in [5.41, 5.74) is 1.13. The van der Waals surface area contributed by atoms with Gasteiger partial charge in [-0.3, -0.25) is 9.52 Å². The quantitative estimate of drug-likeness (QED) is 0.833. The second kappa shape index (κ2) is 7.90. The number of hydrogen-bond acceptors (Lipinski definition) is 5. The molecule has 3 rings (SSSR count). The average Bonchev–Trinajstić information content (AvgIpc) is 2.86. The van der Waals surface area contributed by atoms with E-state index in [-0.39, 0.29) is 29.0 Å². The van der Waals surface area contributed by atoms with Crippen molar-refractivity contribution in [2.45, 2.75) is 37.8 Å². The molecule has 1 heterocycles. The highest BCUT2D eigenvalue weighted by molar-refractivity contribution is 7.92. The highest BCUT2D eigenvalue weighted by Gasteiger charge is 2.26. The van der Waals surface area contributed by atoms with E-state index in [1.807, 2.05) is 19.9 Å². The summed E-state index contributed by atoms with van der Waals surface area (Å²) in [6.07, 6.45) is 0.804. The fourth-order valence-corrected chi connectivity index (χ4v) is 4.24. The smallest absolute Gasteiger partial charge is 0.263 e. The Labute approximate surface area is 164 Å². The molecule has 1 amide bonds. The second-order valence-corrected chi connectivity index (χ2v) is 8.25. The van der Waals surface area contributed by atoms with Gasteiger partial charge in [0.05, 0.1) is 5.56 Å². The SMILES string of the molecule is CCC(C)N1Cc2cc(NS(=O)(=O)c3ccccc3C#N)ccc2OCC1=O. The molecule has 1 atom stereocenters. The molecule has 0 spiro atoms. The van der Waals surface area contributed by atoms with Crippen molar-refractivity contribution in [3.63, 3.8) is 0 Å². The summed E-state index contributed by atoms with van der Waals surface area (Å²) in [6, 6.07) is 12.8. The van der Waals surface area contributed by atoms with Gasteiger partial charge >= 0.3 is 0 Å². The lowest BCUT2D eigenvalue weighted by atomic mass is 10.1. The van der Waals surface area contributed by atoms with E-state index in [1.54, 1.807) is 35.2 Å². The first-order valence-corrected chi connectivity index (χ1v) is 10.4. The van der Waals surface area contributed by atoms with Crippen molar-refractivity contribution >= 4 is 21.6 Å². The van der Waals surface area contributed by atoms with Gasteiger partial charge in [-0.05, 0) is 43.7 Å². The molecule has 28 heavy (non-hydrogen) atoms. The Morgan fingerprint density at radius 3 is 2.75 bits per heavy atom. The number of anilines is 1. The van der Waals surface area contributed by atoms with Crippen LogP contribution >= 0.6 is 0 Å². The predicted molar refractivity (Wildman–Crippen MR) is 104 cm³/mol. The van der Waals surface area contributed by atoms with E-state index in [1.165, 1.54) is 12.1 Å². The summed E-state index contributed by atoms with van der Waals surface area (Å²) >= 11 is 0. The average molecular weight is 399 g/mol. The zero-order valence-electron chi connectivity index (χ0n) is 15.7. The van der Waals surface area contributed by atoms with Crippen LogP contribution in [0.4, 0.5) is 5.69 Å². The monoisotopic (exact) mass is 399 g/mol. The molecule has 0 bridgehead atoms. The standard InChI is InChI=1S/C20H21N3O4S/c1-3-14(2)23-12-16-10-17(8-9-18(16)27-13-20(23)24)22-28(25,26)19-7-5-4-6-15(19)11-21/h4-10,14,22H,3,12-13H2,1-2H3. The van der Waals surface area contributed by atoms with Crippen molar-refractivity contribution in [2.75, 3.05) is 11.3 Å². The van der Waals surface area contributed by atoms with E-state index < -0.39 is 10.0 Å². The van der Waals surface area contributed by atoms with Crippen LogP contribution in [0.5, 0.6) is 5.75 Å². The van der Waals surface area contributed by atoms with Crippen LogP contribution in [0.3, 0.4) is 0 Å². The Balaban J connectivity index is 1.92. The van der Waals surface area contributed by atoms with Gasteiger partial charge < -0.3 is 9.64 Å². The van der Waals surface area contributed by atoms with Crippen LogP contribution in [0.25, 0.3) is 0 Å². The molecule has 0 fully saturated rings. The van der Waals surface area contributed by atoms with Gasteiger partial charge in [0.25, 0.3) is 15.9 Å². The van der Waals surface area contributed by atoms with E-state index in [0.29, 0.717) is 18.0 Å². The number of nitriles is 1. The van der Waals surface area contributed by atoms with Gasteiger partial charge in [-0.1, -0.05) is 19.1 Å². The molecule has 146 valence electrons. The minimum Gasteiger partial charge on any atom is -0.483 e. The van der Waals surface area contributed by atoms with Crippen LogP contribution in [0.15, 0.2) is 47.4 Å². The Morgan fingerprint density at radius 2 is 2.04 bits per heavy atom. The highest BCUT2D eigenvalue weighted by atomic mass is 32.2. The fraction of sp³-hybridized carbons (Fsp3) is 0.300. The molecule has 2 aromatic rings. The Hall–Kier alpha value is -3.05. The predicted octanol–water partition coefficient (Wildman–Crippen LogP) is 2.88. The van der Waals surface area contributed by atoms with Crippen LogP contribution in [0, 0.1) is 11.3 Å². The fourth-order valence-electron chi connectivity index (χ4n) is 3.03. The third kappa shape index (κ3) is 3.94. The van der Waals surface area contributed by atoms with Crippen molar-refractivity contribution in [2.24, 2.45) is 0 Å². The number of amides is 1. The number of fused-ring (bicyclic) bond motifs is 1. The molecule has 1 unspecified atom stereocenters. The molecule has 0 radical (unpaired) electrons. The number of nitrogens with one attached hydrogen (secondary N) is 1. The largest absolute Gasteiger partial charge is 0.483 e. The van der Waals surface area contributed by atoms with Gasteiger partial charge in [-0.2, -0.15) is 5.26 Å². The first kappa shape index (κ1) is 19.7. The van der Waals surface area contributed by atoms with Crippen molar-refractivity contribution in [3.8, 4) is 11.8 Å². The molecule has 1 N–H and O–H groups in total. The Morgan fingerprint density at radius 1 is 1.29 bits per heavy atom. The maximum absolute atomic E-state index is 12.7. The lowest BCUT2D eigenvalue weighted by molar-refractivity contribution is -0.135. The first-order chi connectivity index (χ1) is 13.4. The van der Waals surface area contributed by atoms with Crippen molar-refractivity contribution in [3.05, 3.63) is 53.6 Å². The lowest BCUT2D eigenvalue weighted by Crippen LogP contribution is -2.39. The van der Waals surface area contributed by atoms with Crippen LogP contribution < -0.4 is 9.46 Å². The van der Waals surface area contributed by atoms with Crippen LogP contribution in [0.2, 0.25) is 0 Å². The van der Waals surface area contributed by atoms with Gasteiger partial charge in [-0.15, -0.1) is 0 Å². The van der Waals surface area contributed by atoms with Gasteiger partial charge in [0.1, 0.15) is 16.7 Å². The summed E-state index contributed by atoms with van der Waals surface area (Å²) in [5, 5.41) is 9.17. The molecule has 0 aromatic heterocycles. The number of carbonyl (C=O) groups excluding carboxylic acids is 1. The Bertz CT molecular complexity index is 1040. The third-order valence-electron chi connectivity index (χ3n) is 4.74. The number of ether oxygens (including phenoxy) is 1. The topological polar surface area (TPSA) is 99.5 Å². The van der Waals surface area contributed by atoms with E-state index in [4.69, 9.17) is 4.74 Å². The molecule has 2 aromatic carbocycles. The summed E-state index contributed by atoms with van der Waals surface area (Å²) in [4.78, 5) is 14.0. The van der Waals surface area contributed by atoms with E-state index in [2.05, 4.69) is 4.72 Å². The first-order valence-electron chi connectivity index (χ1n) is 8.93. The second-order valence-electron chi connectivity index (χ2n) is 6.60. The maximum atomic E-state index is 12.7. The minimum atomic E-state index is -3.93. The zero-order valence-corrected chi connectivity index (χ0v) is 16.5. The summed E-state index contributed by atoms with van der Waals surface area (Å²) in [7, 11) is -3.93. The van der Waals surface area contributed by atoms with Gasteiger partial charge in [0.2, 0.25) is 0 Å². The number of benzene rings is 2. The molecule has 1 aliphatic heterocycles. The summed E-state index contributed by atoms with van der Waals surface area (Å²) in [6.45, 7) is 4.27. The number of sulfonamides is 1. The summed E-state index contributed by atoms with van der Waals surface area (Å²) in [5.74, 6) is 0.454. The summed E-state index contributed by atoms with van der Waals surface area (Å²) < 4.78 is 33.6. The molecular formula is C20H21N3O4S. The van der Waals surface area contributed by atoms with Crippen LogP contribution in [-0.2, 0) is 21.4 Å². The third-order valence-corrected chi connectivity index (χ3v) is 6.18. The van der Waals surface area contributed by atoms with E-state index in [0.717, 1.165) is 12.0 Å². The van der Waals surface area contributed by atoms with Crippen molar-refractivity contribution < 1.29 is 17.9 Å². The van der Waals surface area contributed by atoms with Crippen molar-refractivity contribution in [1.29, 1.82) is 5.26 Å². The molecule has 1 aliphatic rings. The lowest BCUT2D eigenvalue weighted by Gasteiger charge is -2.26. The highest BCUT2D eigenvalue weighted by Crippen LogP contribution is 2.29. The minimum absolute atomic E-state index is 0.0437. The maximum Gasteiger partial charge on any atom is 0.263 e. The van der Waals surface area contributed by atoms with Crippen LogP contribution in [0.1, 0.15) is 31.4 Å². The molecule has 8 heteroatoms. The number of carbonyl (C=O) groups is 1. The zero-order chi connectivity index (χ0) is 20.3. The van der Waals surface area contributed by atoms with Gasteiger partial charge in [-0.25, -0.2) is 8.42 Å². The van der Waals surface area contributed by atoms with Gasteiger partial charge in [0, 0.05) is 23.8 Å². The molecule has 0 aliphatic carbocycles.